The number of hydrogen-bond donors (Lipinski definition) is 2. The van der Waals surface area contributed by atoms with Crippen molar-refractivity contribution in [2.75, 3.05) is 30.0 Å². The van der Waals surface area contributed by atoms with Crippen LogP contribution in [0.1, 0.15) is 43.5 Å². The van der Waals surface area contributed by atoms with Crippen molar-refractivity contribution in [1.82, 2.24) is 4.31 Å². The molecule has 2 aliphatic rings. The molecule has 0 amide bonds. The molecule has 282 valence electrons. The molecule has 1 aromatic heterocycles. The van der Waals surface area contributed by atoms with Crippen molar-refractivity contribution in [2.45, 2.75) is 55.5 Å². The number of nitrogens with zero attached hydrogens (tertiary/aromatic N) is 3. The van der Waals surface area contributed by atoms with Crippen molar-refractivity contribution in [2.24, 2.45) is 0 Å². The SMILES string of the molecule is CN(C1=C(C=Cc2sc3ccccc3[n+]2CCCCS(=O)(=O)O)CCC1=CC=C1Sc2ccccc2N1CCCCSOOO)S(=O)(=O)C(F)(F)F. The fourth-order valence-electron chi connectivity index (χ4n) is 5.92. The third-order valence-corrected chi connectivity index (χ3v) is 13.5. The first kappa shape index (κ1) is 40.3. The van der Waals surface area contributed by atoms with Crippen LogP contribution in [0.25, 0.3) is 16.3 Å². The Balaban J connectivity index is 1.48. The Kier molecular flexibility index (Phi) is 13.6. The molecule has 1 aliphatic heterocycles. The highest BCUT2D eigenvalue weighted by molar-refractivity contribution is 8.03. The molecular weight excluding hydrogens is 784 g/mol. The lowest BCUT2D eigenvalue weighted by atomic mass is 10.2. The minimum atomic E-state index is -5.72. The highest BCUT2D eigenvalue weighted by Crippen LogP contribution is 2.46. The molecule has 2 N–H and O–H groups in total. The van der Waals surface area contributed by atoms with E-state index >= 15 is 0 Å². The number of para-hydroxylation sites is 2. The average Bonchev–Trinajstić information content (AvgIpc) is 3.77. The molecule has 0 saturated heterocycles. The number of aryl methyl sites for hydroxylation is 1. The molecule has 11 nitrogen and oxygen atoms in total. The summed E-state index contributed by atoms with van der Waals surface area (Å²) in [7, 11) is -8.91. The van der Waals surface area contributed by atoms with E-state index in [-0.39, 0.29) is 17.9 Å². The van der Waals surface area contributed by atoms with E-state index in [2.05, 4.69) is 14.3 Å². The van der Waals surface area contributed by atoms with Crippen LogP contribution in [0.15, 0.2) is 93.5 Å². The number of hydrogen-bond acceptors (Lipinski definition) is 11. The number of benzene rings is 2. The Morgan fingerprint density at radius 1 is 1.00 bits per heavy atom. The summed E-state index contributed by atoms with van der Waals surface area (Å²) >= 11 is 3.92. The van der Waals surface area contributed by atoms with E-state index in [1.165, 1.54) is 23.1 Å². The summed E-state index contributed by atoms with van der Waals surface area (Å²) in [5.41, 5.74) is -2.83. The van der Waals surface area contributed by atoms with Crippen LogP contribution >= 0.6 is 35.1 Å². The van der Waals surface area contributed by atoms with Crippen molar-refractivity contribution in [3.63, 3.8) is 0 Å². The van der Waals surface area contributed by atoms with Crippen molar-refractivity contribution in [3.8, 4) is 0 Å². The number of allylic oxidation sites excluding steroid dienone is 5. The summed E-state index contributed by atoms with van der Waals surface area (Å²) in [6.07, 6.45) is 9.69. The number of anilines is 1. The van der Waals surface area contributed by atoms with Gasteiger partial charge in [0.15, 0.2) is 6.54 Å². The van der Waals surface area contributed by atoms with Gasteiger partial charge >= 0.3 is 15.5 Å². The van der Waals surface area contributed by atoms with Gasteiger partial charge in [0.1, 0.15) is 4.70 Å². The van der Waals surface area contributed by atoms with Crippen LogP contribution in [0.2, 0.25) is 0 Å². The number of rotatable bonds is 17. The second-order valence-electron chi connectivity index (χ2n) is 11.8. The van der Waals surface area contributed by atoms with E-state index in [4.69, 9.17) is 9.81 Å². The third kappa shape index (κ3) is 9.80. The molecule has 19 heteroatoms. The Morgan fingerprint density at radius 3 is 2.50 bits per heavy atom. The first-order chi connectivity index (χ1) is 24.7. The maximum absolute atomic E-state index is 13.9. The lowest BCUT2D eigenvalue weighted by Gasteiger charge is -2.24. The highest BCUT2D eigenvalue weighted by atomic mass is 32.2. The number of unbranched alkanes of at least 4 members (excludes halogenated alkanes) is 2. The van der Waals surface area contributed by atoms with Gasteiger partial charge in [-0.3, -0.25) is 8.86 Å². The summed E-state index contributed by atoms with van der Waals surface area (Å²) in [4.78, 5) is 3.12. The fraction of sp³-hybridized carbons (Fsp3) is 0.364. The number of sulfonamides is 1. The normalized spacial score (nSPS) is 17.1. The van der Waals surface area contributed by atoms with Crippen LogP contribution < -0.4 is 9.47 Å². The molecule has 0 spiro atoms. The summed E-state index contributed by atoms with van der Waals surface area (Å²) in [5, 5.41) is 13.5. The predicted molar refractivity (Wildman–Crippen MR) is 198 cm³/mol. The molecule has 2 heterocycles. The first-order valence-corrected chi connectivity index (χ1v) is 21.7. The molecule has 0 unspecified atom stereocenters. The molecule has 0 bridgehead atoms. The van der Waals surface area contributed by atoms with Crippen molar-refractivity contribution >= 4 is 77.3 Å². The van der Waals surface area contributed by atoms with Crippen LogP contribution in [0.4, 0.5) is 18.9 Å². The number of likely N-dealkylation sites (N-methyl/N-ethyl adjacent to an activating group) is 1. The second-order valence-corrected chi connectivity index (χ2v) is 18.2. The largest absolute Gasteiger partial charge is 0.516 e. The van der Waals surface area contributed by atoms with E-state index in [9.17, 15) is 30.0 Å². The van der Waals surface area contributed by atoms with E-state index in [1.54, 1.807) is 18.2 Å². The summed E-state index contributed by atoms with van der Waals surface area (Å²) in [5.74, 6) is 0.201. The standard InChI is InChI=1S/C33H36F3N3O8S5/c1-37(52(44,45)33(34,35)36)32-24(16-18-30-38(20-6-8-22-48-47-46-40)26-10-2-4-12-28(26)49-30)14-15-25(32)17-19-31-39(21-7-9-23-51(41,42)43)27-11-3-5-13-29(27)50-31/h2-5,10-13,16-19H,6-9,14-15,20-23H2,1H3,(H-,40,41,42,43)/p+1. The zero-order valence-electron chi connectivity index (χ0n) is 27.9. The number of thiazole rings is 1. The zero-order valence-corrected chi connectivity index (χ0v) is 31.9. The lowest BCUT2D eigenvalue weighted by molar-refractivity contribution is -0.669. The van der Waals surface area contributed by atoms with Gasteiger partial charge in [-0.1, -0.05) is 58.5 Å². The van der Waals surface area contributed by atoms with Gasteiger partial charge < -0.3 is 4.90 Å². The van der Waals surface area contributed by atoms with Gasteiger partial charge in [0, 0.05) is 54.8 Å². The molecule has 0 atom stereocenters. The average molecular weight is 821 g/mol. The van der Waals surface area contributed by atoms with E-state index in [0.717, 1.165) is 62.8 Å². The predicted octanol–water partition coefficient (Wildman–Crippen LogP) is 7.93. The van der Waals surface area contributed by atoms with E-state index in [0.29, 0.717) is 53.6 Å². The van der Waals surface area contributed by atoms with Crippen molar-refractivity contribution < 1.29 is 53.8 Å². The molecular formula is C33H37F3N3O8S5+. The Hall–Kier alpha value is -2.88. The van der Waals surface area contributed by atoms with Gasteiger partial charge in [-0.05, 0) is 73.6 Å². The second kappa shape index (κ2) is 17.5. The molecule has 1 aliphatic carbocycles. The van der Waals surface area contributed by atoms with E-state index in [1.807, 2.05) is 59.2 Å². The van der Waals surface area contributed by atoms with Crippen LogP contribution in [0, 0.1) is 0 Å². The summed E-state index contributed by atoms with van der Waals surface area (Å²) in [6, 6.07) is 15.4. The summed E-state index contributed by atoms with van der Waals surface area (Å²) < 4.78 is 106. The van der Waals surface area contributed by atoms with Gasteiger partial charge in [-0.25, -0.2) is 5.26 Å². The molecule has 0 fully saturated rings. The molecule has 3 aromatic rings. The minimum Gasteiger partial charge on any atom is -0.335 e. The molecule has 5 rings (SSSR count). The smallest absolute Gasteiger partial charge is 0.335 e. The monoisotopic (exact) mass is 820 g/mol. The third-order valence-electron chi connectivity index (χ3n) is 8.34. The maximum atomic E-state index is 13.9. The van der Waals surface area contributed by atoms with Crippen molar-refractivity contribution in [1.29, 1.82) is 0 Å². The quantitative estimate of drug-likeness (QED) is 0.0343. The van der Waals surface area contributed by atoms with Crippen LogP contribution in [0.5, 0.6) is 0 Å². The van der Waals surface area contributed by atoms with E-state index < -0.39 is 25.6 Å². The van der Waals surface area contributed by atoms with Crippen LogP contribution in [-0.4, -0.2) is 61.6 Å². The molecule has 0 saturated carbocycles. The van der Waals surface area contributed by atoms with Crippen molar-refractivity contribution in [3.05, 3.63) is 93.6 Å². The fourth-order valence-corrected chi connectivity index (χ4v) is 9.89. The number of aromatic nitrogens is 1. The number of alkyl halides is 3. The highest BCUT2D eigenvalue weighted by Gasteiger charge is 2.50. The summed E-state index contributed by atoms with van der Waals surface area (Å²) in [6.45, 7) is 1.05. The molecule has 2 aromatic carbocycles. The van der Waals surface area contributed by atoms with Crippen LogP contribution in [0.3, 0.4) is 0 Å². The topological polar surface area (TPSA) is 138 Å². The van der Waals surface area contributed by atoms with Gasteiger partial charge in [-0.15, -0.1) is 4.33 Å². The van der Waals surface area contributed by atoms with Gasteiger partial charge in [0.05, 0.1) is 22.2 Å². The van der Waals surface area contributed by atoms with Gasteiger partial charge in [0.25, 0.3) is 15.1 Å². The van der Waals surface area contributed by atoms with Gasteiger partial charge in [0.2, 0.25) is 5.52 Å². The van der Waals surface area contributed by atoms with Crippen LogP contribution in [-0.2, 0) is 36.1 Å². The Labute approximate surface area is 313 Å². The molecule has 52 heavy (non-hydrogen) atoms. The Morgan fingerprint density at radius 2 is 1.75 bits per heavy atom. The van der Waals surface area contributed by atoms with Gasteiger partial charge in [-0.2, -0.15) is 34.6 Å². The minimum absolute atomic E-state index is 0.0403. The zero-order chi connectivity index (χ0) is 37.5. The lowest BCUT2D eigenvalue weighted by Crippen LogP contribution is -2.38. The molecule has 0 radical (unpaired) electrons. The number of thioether (sulfide) groups is 1. The Bertz CT molecular complexity index is 2100. The number of fused-ring (bicyclic) bond motifs is 2. The maximum Gasteiger partial charge on any atom is 0.516 e. The number of halogens is 3. The first-order valence-electron chi connectivity index (χ1n) is 16.1.